The number of nitrogens with zero attached hydrogens (tertiary/aromatic N) is 1. The summed E-state index contributed by atoms with van der Waals surface area (Å²) in [6, 6.07) is 12.3. The van der Waals surface area contributed by atoms with E-state index in [2.05, 4.69) is 14.7 Å². The van der Waals surface area contributed by atoms with Crippen LogP contribution in [0.25, 0.3) is 0 Å². The molecule has 1 aromatic heterocycles. The Labute approximate surface area is 200 Å². The van der Waals surface area contributed by atoms with E-state index in [0.717, 1.165) is 5.69 Å². The SMILES string of the molecule is NC(=NCC1CCCCC1)c1c(Nc2ccc(Oc3cc(Cl)ccc3Cl)cc2)s[nH]c1=O. The summed E-state index contributed by atoms with van der Waals surface area (Å²) >= 11 is 13.4. The van der Waals surface area contributed by atoms with Gasteiger partial charge < -0.3 is 15.8 Å². The molecule has 0 bridgehead atoms. The fourth-order valence-corrected chi connectivity index (χ4v) is 4.80. The normalized spacial score (nSPS) is 15.0. The molecule has 0 radical (unpaired) electrons. The molecule has 0 atom stereocenters. The smallest absolute Gasteiger partial charge is 0.271 e. The lowest BCUT2D eigenvalue weighted by atomic mass is 9.89. The van der Waals surface area contributed by atoms with Gasteiger partial charge in [-0.3, -0.25) is 14.2 Å². The Balaban J connectivity index is 1.45. The molecule has 6 nitrogen and oxygen atoms in total. The van der Waals surface area contributed by atoms with E-state index in [4.69, 9.17) is 33.7 Å². The Hall–Kier alpha value is -2.48. The number of anilines is 2. The van der Waals surface area contributed by atoms with Gasteiger partial charge in [-0.25, -0.2) is 0 Å². The molecule has 0 saturated heterocycles. The Kier molecular flexibility index (Phi) is 7.40. The van der Waals surface area contributed by atoms with Crippen LogP contribution >= 0.6 is 34.7 Å². The van der Waals surface area contributed by atoms with Crippen molar-refractivity contribution in [1.82, 2.24) is 4.37 Å². The predicted molar refractivity (Wildman–Crippen MR) is 133 cm³/mol. The second-order valence-corrected chi connectivity index (χ2v) is 9.45. The quantitative estimate of drug-likeness (QED) is 0.258. The van der Waals surface area contributed by atoms with Gasteiger partial charge >= 0.3 is 0 Å². The average molecular weight is 491 g/mol. The summed E-state index contributed by atoms with van der Waals surface area (Å²) in [5, 5.41) is 4.89. The van der Waals surface area contributed by atoms with Gasteiger partial charge in [0.25, 0.3) is 5.56 Å². The summed E-state index contributed by atoms with van der Waals surface area (Å²) in [7, 11) is 0. The Morgan fingerprint density at radius 2 is 1.91 bits per heavy atom. The molecule has 1 saturated carbocycles. The third-order valence-corrected chi connectivity index (χ3v) is 6.78. The number of aromatic amines is 1. The first-order chi connectivity index (χ1) is 15.5. The van der Waals surface area contributed by atoms with Crippen LogP contribution in [0.1, 0.15) is 37.7 Å². The number of amidine groups is 1. The Morgan fingerprint density at radius 1 is 1.16 bits per heavy atom. The van der Waals surface area contributed by atoms with Crippen LogP contribution in [0.3, 0.4) is 0 Å². The molecule has 1 fully saturated rings. The zero-order chi connectivity index (χ0) is 22.5. The maximum atomic E-state index is 12.4. The topological polar surface area (TPSA) is 92.5 Å². The molecule has 1 aliphatic rings. The van der Waals surface area contributed by atoms with E-state index in [1.807, 2.05) is 12.1 Å². The van der Waals surface area contributed by atoms with Crippen molar-refractivity contribution in [2.24, 2.45) is 16.6 Å². The number of rotatable bonds is 7. The number of aliphatic imine (C=N–C) groups is 1. The Morgan fingerprint density at radius 3 is 2.66 bits per heavy atom. The zero-order valence-electron chi connectivity index (χ0n) is 17.4. The molecule has 0 amide bonds. The van der Waals surface area contributed by atoms with Crippen molar-refractivity contribution < 1.29 is 4.74 Å². The minimum Gasteiger partial charge on any atom is -0.456 e. The van der Waals surface area contributed by atoms with Gasteiger partial charge in [0.1, 0.15) is 27.9 Å². The van der Waals surface area contributed by atoms with Crippen molar-refractivity contribution in [2.45, 2.75) is 32.1 Å². The highest BCUT2D eigenvalue weighted by molar-refractivity contribution is 7.10. The molecule has 3 aromatic rings. The molecule has 0 spiro atoms. The maximum absolute atomic E-state index is 12.4. The van der Waals surface area contributed by atoms with Gasteiger partial charge in [0.15, 0.2) is 0 Å². The van der Waals surface area contributed by atoms with E-state index in [1.54, 1.807) is 30.3 Å². The number of hydrogen-bond acceptors (Lipinski definition) is 5. The summed E-state index contributed by atoms with van der Waals surface area (Å²) in [4.78, 5) is 16.9. The van der Waals surface area contributed by atoms with Crippen LogP contribution in [0.4, 0.5) is 10.7 Å². The lowest BCUT2D eigenvalue weighted by molar-refractivity contribution is 0.367. The largest absolute Gasteiger partial charge is 0.456 e. The van der Waals surface area contributed by atoms with Gasteiger partial charge in [0.05, 0.1) is 5.02 Å². The standard InChI is InChI=1S/C23H24Cl2N4O2S/c24-15-6-11-18(25)19(12-15)31-17-9-7-16(8-10-17)28-23-20(22(30)29-32-23)21(26)27-13-14-4-2-1-3-5-14/h6-12,14,28H,1-5,13H2,(H2,26,27)(H,29,30). The molecule has 4 rings (SSSR count). The van der Waals surface area contributed by atoms with Gasteiger partial charge in [-0.15, -0.1) is 0 Å². The number of ether oxygens (including phenoxy) is 1. The molecule has 4 N–H and O–H groups in total. The van der Waals surface area contributed by atoms with Gasteiger partial charge in [0.2, 0.25) is 0 Å². The number of aromatic nitrogens is 1. The summed E-state index contributed by atoms with van der Waals surface area (Å²) in [6.45, 7) is 0.665. The second kappa shape index (κ2) is 10.4. The highest BCUT2D eigenvalue weighted by Crippen LogP contribution is 2.33. The van der Waals surface area contributed by atoms with Crippen LogP contribution in [-0.2, 0) is 0 Å². The van der Waals surface area contributed by atoms with Crippen molar-refractivity contribution in [3.63, 3.8) is 0 Å². The zero-order valence-corrected chi connectivity index (χ0v) is 19.7. The number of H-pyrrole nitrogens is 1. The molecular weight excluding hydrogens is 467 g/mol. The first kappa shape index (κ1) is 22.7. The third-order valence-electron chi connectivity index (χ3n) is 5.43. The molecule has 9 heteroatoms. The van der Waals surface area contributed by atoms with E-state index in [9.17, 15) is 4.79 Å². The van der Waals surface area contributed by atoms with E-state index in [1.165, 1.54) is 43.6 Å². The lowest BCUT2D eigenvalue weighted by Gasteiger charge is -2.19. The van der Waals surface area contributed by atoms with Gasteiger partial charge in [-0.1, -0.05) is 42.5 Å². The first-order valence-corrected chi connectivity index (χ1v) is 12.1. The van der Waals surface area contributed by atoms with Crippen molar-refractivity contribution >= 4 is 51.3 Å². The van der Waals surface area contributed by atoms with Crippen molar-refractivity contribution in [3.8, 4) is 11.5 Å². The molecule has 0 unspecified atom stereocenters. The highest BCUT2D eigenvalue weighted by atomic mass is 35.5. The van der Waals surface area contributed by atoms with Crippen molar-refractivity contribution in [1.29, 1.82) is 0 Å². The van der Waals surface area contributed by atoms with Crippen molar-refractivity contribution in [3.05, 3.63) is 68.4 Å². The number of nitrogens with one attached hydrogen (secondary N) is 2. The molecule has 0 aliphatic heterocycles. The first-order valence-electron chi connectivity index (χ1n) is 10.5. The number of halogens is 2. The monoisotopic (exact) mass is 490 g/mol. The second-order valence-electron chi connectivity index (χ2n) is 7.79. The molecule has 168 valence electrons. The molecular formula is C23H24Cl2N4O2S. The van der Waals surface area contributed by atoms with Crippen LogP contribution in [0, 0.1) is 5.92 Å². The minimum absolute atomic E-state index is 0.238. The summed E-state index contributed by atoms with van der Waals surface area (Å²) in [6.07, 6.45) is 6.14. The summed E-state index contributed by atoms with van der Waals surface area (Å²) < 4.78 is 8.56. The van der Waals surface area contributed by atoms with E-state index < -0.39 is 0 Å². The van der Waals surface area contributed by atoms with Crippen molar-refractivity contribution in [2.75, 3.05) is 11.9 Å². The van der Waals surface area contributed by atoms with Gasteiger partial charge in [0, 0.05) is 23.3 Å². The molecule has 1 aliphatic carbocycles. The van der Waals surface area contributed by atoms with Gasteiger partial charge in [-0.05, 0) is 66.7 Å². The maximum Gasteiger partial charge on any atom is 0.271 e. The van der Waals surface area contributed by atoms with Gasteiger partial charge in [-0.2, -0.15) is 0 Å². The summed E-state index contributed by atoms with van der Waals surface area (Å²) in [5.74, 6) is 1.91. The fourth-order valence-electron chi connectivity index (χ4n) is 3.72. The van der Waals surface area contributed by atoms with E-state index in [-0.39, 0.29) is 11.4 Å². The van der Waals surface area contributed by atoms with Crippen LogP contribution in [0.5, 0.6) is 11.5 Å². The number of nitrogens with two attached hydrogens (primary N) is 1. The van der Waals surface area contributed by atoms with Crippen LogP contribution < -0.4 is 21.3 Å². The minimum atomic E-state index is -0.238. The average Bonchev–Trinajstić information content (AvgIpc) is 3.16. The molecule has 2 aromatic carbocycles. The molecule has 1 heterocycles. The fraction of sp³-hybridized carbons (Fsp3) is 0.304. The highest BCUT2D eigenvalue weighted by Gasteiger charge is 2.17. The number of benzene rings is 2. The van der Waals surface area contributed by atoms with E-state index >= 15 is 0 Å². The number of hydrogen-bond donors (Lipinski definition) is 3. The Bertz CT molecular complexity index is 1150. The van der Waals surface area contributed by atoms with E-state index in [0.29, 0.717) is 44.6 Å². The predicted octanol–water partition coefficient (Wildman–Crippen LogP) is 6.56. The third kappa shape index (κ3) is 5.65. The van der Waals surface area contributed by atoms with Crippen LogP contribution in [0.15, 0.2) is 52.3 Å². The lowest BCUT2D eigenvalue weighted by Crippen LogP contribution is -2.23. The van der Waals surface area contributed by atoms with Crippen LogP contribution in [0.2, 0.25) is 10.0 Å². The van der Waals surface area contributed by atoms with Crippen LogP contribution in [-0.4, -0.2) is 16.8 Å². The summed E-state index contributed by atoms with van der Waals surface area (Å²) in [5.41, 5.74) is 7.13. The molecule has 32 heavy (non-hydrogen) atoms.